The number of ketones is 4. The minimum Gasteiger partial charge on any atom is -0.507 e. The van der Waals surface area contributed by atoms with Gasteiger partial charge in [-0.1, -0.05) is 0 Å². The van der Waals surface area contributed by atoms with Crippen molar-refractivity contribution >= 4 is 34.7 Å². The molecule has 0 aliphatic heterocycles. The monoisotopic (exact) mass is 574 g/mol. The molecule has 8 rings (SSSR count). The number of fused-ring (bicyclic) bond motifs is 4. The fourth-order valence-corrected chi connectivity index (χ4v) is 9.59. The van der Waals surface area contributed by atoms with E-state index >= 15 is 0 Å². The Bertz CT molecular complexity index is 1780. The molecule has 0 unspecified atom stereocenters. The van der Waals surface area contributed by atoms with E-state index in [2.05, 4.69) is 0 Å². The molecule has 0 heterocycles. The van der Waals surface area contributed by atoms with Gasteiger partial charge in [-0.2, -0.15) is 0 Å². The third kappa shape index (κ3) is 2.03. The Morgan fingerprint density at radius 3 is 1.24 bits per heavy atom. The second-order valence-corrected chi connectivity index (χ2v) is 12.2. The zero-order chi connectivity index (χ0) is 30.3. The number of hydrogen-bond acceptors (Lipinski definition) is 12. The summed E-state index contributed by atoms with van der Waals surface area (Å²) in [6, 6.07) is 2.13. The first-order chi connectivity index (χ1) is 19.7. The molecular formula is C30H22O12. The predicted molar refractivity (Wildman–Crippen MR) is 138 cm³/mol. The highest BCUT2D eigenvalue weighted by Gasteiger charge is 2.90. The zero-order valence-corrected chi connectivity index (χ0v) is 21.8. The van der Waals surface area contributed by atoms with Crippen LogP contribution in [0.25, 0.3) is 11.5 Å². The Hall–Kier alpha value is -4.68. The van der Waals surface area contributed by atoms with Gasteiger partial charge in [-0.25, -0.2) is 0 Å². The van der Waals surface area contributed by atoms with Crippen molar-refractivity contribution in [1.82, 2.24) is 0 Å². The average Bonchev–Trinajstić information content (AvgIpc) is 3.27. The first kappa shape index (κ1) is 25.1. The predicted octanol–water partition coefficient (Wildman–Crippen LogP) is 1.11. The Kier molecular flexibility index (Phi) is 4.09. The Labute approximate surface area is 235 Å². The van der Waals surface area contributed by atoms with Crippen molar-refractivity contribution in [3.05, 3.63) is 56.7 Å². The van der Waals surface area contributed by atoms with Crippen molar-refractivity contribution in [2.24, 2.45) is 34.5 Å². The molecule has 4 fully saturated rings. The Morgan fingerprint density at radius 2 is 0.905 bits per heavy atom. The number of aliphatic hydroxyl groups is 4. The maximum atomic E-state index is 14.6. The molecule has 0 saturated heterocycles. The minimum atomic E-state index is -2.48. The highest BCUT2D eigenvalue weighted by molar-refractivity contribution is 6.31. The summed E-state index contributed by atoms with van der Waals surface area (Å²) in [6.45, 7) is 2.72. The second-order valence-electron chi connectivity index (χ2n) is 12.2. The molecule has 2 spiro atoms. The SMILES string of the molecule is Cc1cc(O)c2c(c1O)C(=O)[C@]13C(=C2O)C(=O)[C@H]2[C@@H](O)[C@H]1[C@@H]1[C@@H](O)[C@H]3C(=O)C3=C(O)c4c(O)cc(C)c(O)c4C(=O)[C@@]312. The number of carbonyl (C=O) groups excluding carboxylic acids is 4. The lowest BCUT2D eigenvalue weighted by molar-refractivity contribution is -0.142. The van der Waals surface area contributed by atoms with Gasteiger partial charge in [-0.05, 0) is 37.1 Å². The highest BCUT2D eigenvalue weighted by Crippen LogP contribution is 2.80. The van der Waals surface area contributed by atoms with Crippen LogP contribution in [0, 0.1) is 48.3 Å². The maximum Gasteiger partial charge on any atom is 0.179 e. The van der Waals surface area contributed by atoms with Gasteiger partial charge in [-0.3, -0.25) is 19.2 Å². The number of phenolic OH excluding ortho intramolecular Hbond substituents is 4. The summed E-state index contributed by atoms with van der Waals surface area (Å²) in [7, 11) is 0. The van der Waals surface area contributed by atoms with Gasteiger partial charge in [0.05, 0.1) is 68.3 Å². The summed E-state index contributed by atoms with van der Waals surface area (Å²) >= 11 is 0. The van der Waals surface area contributed by atoms with Gasteiger partial charge in [-0.15, -0.1) is 0 Å². The quantitative estimate of drug-likeness (QED) is 0.207. The van der Waals surface area contributed by atoms with E-state index in [1.54, 1.807) is 0 Å². The topological polar surface area (TPSA) is 230 Å². The van der Waals surface area contributed by atoms with Crippen LogP contribution in [0.2, 0.25) is 0 Å². The van der Waals surface area contributed by atoms with Crippen LogP contribution in [0.5, 0.6) is 23.0 Å². The Morgan fingerprint density at radius 1 is 0.571 bits per heavy atom. The fourth-order valence-electron chi connectivity index (χ4n) is 9.59. The number of allylic oxidation sites excluding steroid dienone is 2. The molecule has 2 aromatic carbocycles. The molecule has 4 bridgehead atoms. The summed E-state index contributed by atoms with van der Waals surface area (Å²) in [5, 5.41) is 89.8. The number of Topliss-reactive ketones (excluding diaryl/α,β-unsaturated/α-hetero) is 4. The van der Waals surface area contributed by atoms with Crippen molar-refractivity contribution in [1.29, 1.82) is 0 Å². The molecule has 6 aliphatic carbocycles. The summed E-state index contributed by atoms with van der Waals surface area (Å²) in [4.78, 5) is 58.1. The molecule has 12 nitrogen and oxygen atoms in total. The molecule has 42 heavy (non-hydrogen) atoms. The number of aromatic hydroxyl groups is 4. The third-order valence-electron chi connectivity index (χ3n) is 10.8. The van der Waals surface area contributed by atoms with Crippen LogP contribution in [0.3, 0.4) is 0 Å². The van der Waals surface area contributed by atoms with Crippen LogP contribution in [0.4, 0.5) is 0 Å². The smallest absolute Gasteiger partial charge is 0.179 e. The van der Waals surface area contributed by atoms with Gasteiger partial charge in [0, 0.05) is 11.8 Å². The van der Waals surface area contributed by atoms with E-state index < -0.39 is 138 Å². The molecule has 4 saturated carbocycles. The van der Waals surface area contributed by atoms with Crippen molar-refractivity contribution in [3.63, 3.8) is 0 Å². The molecule has 214 valence electrons. The van der Waals surface area contributed by atoms with Crippen molar-refractivity contribution in [2.75, 3.05) is 0 Å². The lowest BCUT2D eigenvalue weighted by Gasteiger charge is -2.53. The third-order valence-corrected chi connectivity index (χ3v) is 10.8. The first-order valence-electron chi connectivity index (χ1n) is 13.2. The second kappa shape index (κ2) is 6.85. The van der Waals surface area contributed by atoms with E-state index in [0.29, 0.717) is 0 Å². The number of carbonyl (C=O) groups is 4. The Balaban J connectivity index is 1.56. The van der Waals surface area contributed by atoms with Crippen LogP contribution in [0.15, 0.2) is 23.3 Å². The standard InChI is InChI=1S/C30H22O12/c1-5-3-7(31)9-11(19(5)33)27(41)29-13-14-24(38)17(29)26(40)16-22(36)10-8(32)4-6(2)20(34)12(10)28(42)30(14,16)18(23(13)37)25(39)15(29)21(9)35/h3-4,13-14,17-18,23-24,31-38H,1-2H3/t13-,14-,17-,18+,23-,24+,29-,30+/m1/s1. The van der Waals surface area contributed by atoms with Gasteiger partial charge in [0.2, 0.25) is 0 Å². The highest BCUT2D eigenvalue weighted by atomic mass is 16.3. The summed E-state index contributed by atoms with van der Waals surface area (Å²) in [6.07, 6.45) is -3.71. The van der Waals surface area contributed by atoms with Crippen molar-refractivity contribution < 1.29 is 60.0 Å². The molecular weight excluding hydrogens is 552 g/mol. The number of phenols is 4. The molecule has 8 N–H and O–H groups in total. The van der Waals surface area contributed by atoms with E-state index in [-0.39, 0.29) is 11.1 Å². The molecule has 0 aromatic heterocycles. The van der Waals surface area contributed by atoms with Crippen molar-refractivity contribution in [3.8, 4) is 23.0 Å². The first-order valence-corrected chi connectivity index (χ1v) is 13.2. The number of aliphatic hydroxyl groups excluding tert-OH is 4. The van der Waals surface area contributed by atoms with Crippen molar-refractivity contribution in [2.45, 2.75) is 26.1 Å². The van der Waals surface area contributed by atoms with Gasteiger partial charge in [0.1, 0.15) is 34.5 Å². The minimum absolute atomic E-state index is 0.0181. The number of aryl methyl sites for hydroxylation is 2. The largest absolute Gasteiger partial charge is 0.507 e. The lowest BCUT2D eigenvalue weighted by atomic mass is 9.46. The molecule has 0 amide bonds. The van der Waals surface area contributed by atoms with Crippen LogP contribution in [-0.4, -0.2) is 76.2 Å². The van der Waals surface area contributed by atoms with Gasteiger partial charge in [0.25, 0.3) is 0 Å². The van der Waals surface area contributed by atoms with E-state index in [0.717, 1.165) is 12.1 Å². The lowest BCUT2D eigenvalue weighted by Crippen LogP contribution is -2.65. The van der Waals surface area contributed by atoms with Gasteiger partial charge in [0.15, 0.2) is 23.1 Å². The van der Waals surface area contributed by atoms with Crippen LogP contribution >= 0.6 is 0 Å². The molecule has 12 heteroatoms. The molecule has 6 aliphatic rings. The van der Waals surface area contributed by atoms with E-state index in [9.17, 15) is 60.0 Å². The molecule has 8 atom stereocenters. The summed E-state index contributed by atoms with van der Waals surface area (Å²) in [5.41, 5.74) is -8.66. The molecule has 0 radical (unpaired) electrons. The average molecular weight is 574 g/mol. The number of hydrogen-bond donors (Lipinski definition) is 8. The van der Waals surface area contributed by atoms with Crippen LogP contribution in [-0.2, 0) is 9.59 Å². The zero-order valence-electron chi connectivity index (χ0n) is 21.8. The van der Waals surface area contributed by atoms with E-state index in [1.807, 2.05) is 0 Å². The fraction of sp³-hybridized carbons (Fsp3) is 0.333. The van der Waals surface area contributed by atoms with E-state index in [4.69, 9.17) is 0 Å². The molecule has 2 aromatic rings. The summed E-state index contributed by atoms with van der Waals surface area (Å²) in [5.74, 6) is -15.9. The maximum absolute atomic E-state index is 14.6. The van der Waals surface area contributed by atoms with Gasteiger partial charge >= 0.3 is 0 Å². The summed E-state index contributed by atoms with van der Waals surface area (Å²) < 4.78 is 0. The van der Waals surface area contributed by atoms with E-state index in [1.165, 1.54) is 13.8 Å². The number of rotatable bonds is 0. The van der Waals surface area contributed by atoms with Crippen LogP contribution in [0.1, 0.15) is 43.0 Å². The normalized spacial score (nSPS) is 36.9. The van der Waals surface area contributed by atoms with Gasteiger partial charge < -0.3 is 40.9 Å². The van der Waals surface area contributed by atoms with Crippen LogP contribution < -0.4 is 0 Å². The number of benzene rings is 2.